The lowest BCUT2D eigenvalue weighted by Gasteiger charge is -2.23. The highest BCUT2D eigenvalue weighted by atomic mass is 32.1. The van der Waals surface area contributed by atoms with Crippen LogP contribution in [-0.2, 0) is 4.79 Å². The number of fused-ring (bicyclic) bond motifs is 1. The Bertz CT molecular complexity index is 769. The van der Waals surface area contributed by atoms with E-state index >= 15 is 0 Å². The highest BCUT2D eigenvalue weighted by Crippen LogP contribution is 2.42. The highest BCUT2D eigenvalue weighted by Gasteiger charge is 2.43. The van der Waals surface area contributed by atoms with Crippen molar-refractivity contribution < 1.29 is 23.0 Å². The SMILES string of the molecule is O=C(Nc1ccc2c(c1)OC(F)(F)O2)[C@H]1CCCN1c1nccs1. The average molecular weight is 353 g/mol. The maximum Gasteiger partial charge on any atom is 0.586 e. The molecule has 1 N–H and O–H groups in total. The van der Waals surface area contributed by atoms with Crippen molar-refractivity contribution in [2.45, 2.75) is 25.2 Å². The van der Waals surface area contributed by atoms with Crippen LogP contribution in [0.5, 0.6) is 11.5 Å². The predicted octanol–water partition coefficient (Wildman–Crippen LogP) is 3.07. The third kappa shape index (κ3) is 2.75. The molecule has 0 unspecified atom stereocenters. The van der Waals surface area contributed by atoms with Gasteiger partial charge in [-0.05, 0) is 25.0 Å². The number of carbonyl (C=O) groups is 1. The Labute approximate surface area is 140 Å². The number of ether oxygens (including phenoxy) is 2. The van der Waals surface area contributed by atoms with Crippen LogP contribution >= 0.6 is 11.3 Å². The summed E-state index contributed by atoms with van der Waals surface area (Å²) in [4.78, 5) is 18.8. The first-order chi connectivity index (χ1) is 11.5. The van der Waals surface area contributed by atoms with Gasteiger partial charge in [-0.15, -0.1) is 20.1 Å². The van der Waals surface area contributed by atoms with E-state index in [2.05, 4.69) is 19.8 Å². The molecule has 2 aliphatic heterocycles. The van der Waals surface area contributed by atoms with Crippen molar-refractivity contribution >= 4 is 28.1 Å². The van der Waals surface area contributed by atoms with E-state index in [9.17, 15) is 13.6 Å². The summed E-state index contributed by atoms with van der Waals surface area (Å²) in [6.45, 7) is 0.763. The zero-order chi connectivity index (χ0) is 16.7. The number of rotatable bonds is 3. The van der Waals surface area contributed by atoms with Crippen molar-refractivity contribution in [3.8, 4) is 11.5 Å². The number of benzene rings is 1. The summed E-state index contributed by atoms with van der Waals surface area (Å²) in [6.07, 6.45) is -0.359. The van der Waals surface area contributed by atoms with E-state index in [1.165, 1.54) is 29.5 Å². The van der Waals surface area contributed by atoms with Crippen LogP contribution in [0.4, 0.5) is 19.6 Å². The molecule has 3 heterocycles. The average Bonchev–Trinajstić information content (AvgIpc) is 3.24. The number of alkyl halides is 2. The number of hydrogen-bond acceptors (Lipinski definition) is 6. The van der Waals surface area contributed by atoms with E-state index in [1.54, 1.807) is 6.20 Å². The lowest BCUT2D eigenvalue weighted by molar-refractivity contribution is -0.286. The Morgan fingerprint density at radius 2 is 2.21 bits per heavy atom. The van der Waals surface area contributed by atoms with E-state index in [4.69, 9.17) is 0 Å². The standard InChI is InChI=1S/C15H13F2N3O3S/c16-15(17)22-11-4-3-9(8-12(11)23-15)19-13(21)10-2-1-6-20(10)14-18-5-7-24-14/h3-5,7-8,10H,1-2,6H2,(H,19,21)/t10-/m1/s1. The lowest BCUT2D eigenvalue weighted by atomic mass is 10.2. The van der Waals surface area contributed by atoms with E-state index < -0.39 is 6.29 Å². The number of carbonyl (C=O) groups excluding carboxylic acids is 1. The molecule has 0 spiro atoms. The van der Waals surface area contributed by atoms with Crippen molar-refractivity contribution in [1.29, 1.82) is 0 Å². The van der Waals surface area contributed by atoms with Gasteiger partial charge in [-0.1, -0.05) is 0 Å². The molecule has 0 aliphatic carbocycles. The monoisotopic (exact) mass is 353 g/mol. The zero-order valence-corrected chi connectivity index (χ0v) is 13.2. The Morgan fingerprint density at radius 3 is 3.00 bits per heavy atom. The van der Waals surface area contributed by atoms with Crippen LogP contribution in [0.25, 0.3) is 0 Å². The molecule has 0 saturated carbocycles. The maximum atomic E-state index is 13.0. The topological polar surface area (TPSA) is 63.7 Å². The van der Waals surface area contributed by atoms with Crippen LogP contribution in [0.15, 0.2) is 29.8 Å². The summed E-state index contributed by atoms with van der Waals surface area (Å²) >= 11 is 1.48. The Morgan fingerprint density at radius 1 is 1.38 bits per heavy atom. The van der Waals surface area contributed by atoms with Crippen molar-refractivity contribution in [3.63, 3.8) is 0 Å². The Kier molecular flexibility index (Phi) is 3.52. The smallest absolute Gasteiger partial charge is 0.395 e. The maximum absolute atomic E-state index is 13.0. The Hall–Kier alpha value is -2.42. The molecule has 1 saturated heterocycles. The van der Waals surface area contributed by atoms with Crippen molar-refractivity contribution in [2.75, 3.05) is 16.8 Å². The summed E-state index contributed by atoms with van der Waals surface area (Å²) in [5.41, 5.74) is 0.381. The third-order valence-corrected chi connectivity index (χ3v) is 4.70. The fraction of sp³-hybridized carbons (Fsp3) is 0.333. The molecule has 1 fully saturated rings. The van der Waals surface area contributed by atoms with Gasteiger partial charge in [-0.25, -0.2) is 4.98 Å². The first-order valence-electron chi connectivity index (χ1n) is 7.39. The second kappa shape index (κ2) is 5.59. The summed E-state index contributed by atoms with van der Waals surface area (Å²) in [5, 5.41) is 5.41. The number of halogens is 2. The number of hydrogen-bond donors (Lipinski definition) is 1. The molecule has 6 nitrogen and oxygen atoms in total. The van der Waals surface area contributed by atoms with Gasteiger partial charge in [0.15, 0.2) is 16.6 Å². The number of thiazole rings is 1. The van der Waals surface area contributed by atoms with Crippen LogP contribution in [0, 0.1) is 0 Å². The third-order valence-electron chi connectivity index (χ3n) is 3.89. The second-order valence-corrected chi connectivity index (χ2v) is 6.36. The number of nitrogens with zero attached hydrogens (tertiary/aromatic N) is 2. The van der Waals surface area contributed by atoms with Crippen LogP contribution in [-0.4, -0.2) is 29.8 Å². The molecule has 2 aromatic rings. The first-order valence-corrected chi connectivity index (χ1v) is 8.27. The van der Waals surface area contributed by atoms with E-state index in [0.29, 0.717) is 12.1 Å². The van der Waals surface area contributed by atoms with E-state index in [0.717, 1.165) is 18.1 Å². The summed E-state index contributed by atoms with van der Waals surface area (Å²) < 4.78 is 34.8. The van der Waals surface area contributed by atoms with Crippen LogP contribution < -0.4 is 19.7 Å². The number of nitrogens with one attached hydrogen (secondary N) is 1. The zero-order valence-electron chi connectivity index (χ0n) is 12.4. The molecule has 9 heteroatoms. The van der Waals surface area contributed by atoms with Gasteiger partial charge in [0.05, 0.1) is 0 Å². The fourth-order valence-electron chi connectivity index (χ4n) is 2.88. The first kappa shape index (κ1) is 15.1. The minimum Gasteiger partial charge on any atom is -0.395 e. The van der Waals surface area contributed by atoms with Crippen molar-refractivity contribution in [3.05, 3.63) is 29.8 Å². The molecule has 2 aliphatic rings. The van der Waals surface area contributed by atoms with Gasteiger partial charge in [0.1, 0.15) is 6.04 Å². The quantitative estimate of drug-likeness (QED) is 0.919. The van der Waals surface area contributed by atoms with Crippen molar-refractivity contribution in [2.24, 2.45) is 0 Å². The molecule has 126 valence electrons. The van der Waals surface area contributed by atoms with E-state index in [1.807, 2.05) is 10.3 Å². The van der Waals surface area contributed by atoms with Crippen LogP contribution in [0.1, 0.15) is 12.8 Å². The number of amides is 1. The predicted molar refractivity (Wildman–Crippen MR) is 83.8 cm³/mol. The summed E-state index contributed by atoms with van der Waals surface area (Å²) in [5.74, 6) is -0.349. The van der Waals surface area contributed by atoms with E-state index in [-0.39, 0.29) is 23.4 Å². The lowest BCUT2D eigenvalue weighted by Crippen LogP contribution is -2.39. The van der Waals surface area contributed by atoms with Gasteiger partial charge in [0, 0.05) is 29.9 Å². The molecule has 24 heavy (non-hydrogen) atoms. The molecule has 0 radical (unpaired) electrons. The summed E-state index contributed by atoms with van der Waals surface area (Å²) in [7, 11) is 0. The molecular weight excluding hydrogens is 340 g/mol. The minimum absolute atomic E-state index is 0.0525. The highest BCUT2D eigenvalue weighted by molar-refractivity contribution is 7.13. The van der Waals surface area contributed by atoms with Crippen LogP contribution in [0.3, 0.4) is 0 Å². The van der Waals surface area contributed by atoms with Gasteiger partial charge in [-0.2, -0.15) is 0 Å². The number of aromatic nitrogens is 1. The number of anilines is 2. The van der Waals surface area contributed by atoms with Gasteiger partial charge in [0.2, 0.25) is 5.91 Å². The summed E-state index contributed by atoms with van der Waals surface area (Å²) in [6, 6.07) is 3.85. The van der Waals surface area contributed by atoms with Crippen LogP contribution in [0.2, 0.25) is 0 Å². The molecule has 4 rings (SSSR count). The van der Waals surface area contributed by atoms with Gasteiger partial charge < -0.3 is 19.7 Å². The van der Waals surface area contributed by atoms with Gasteiger partial charge in [0.25, 0.3) is 0 Å². The molecule has 1 amide bonds. The minimum atomic E-state index is -3.67. The Balaban J connectivity index is 1.49. The molecule has 1 aromatic carbocycles. The largest absolute Gasteiger partial charge is 0.586 e. The second-order valence-electron chi connectivity index (χ2n) is 5.48. The molecule has 1 atom stereocenters. The van der Waals surface area contributed by atoms with Gasteiger partial charge in [-0.3, -0.25) is 4.79 Å². The molecule has 0 bridgehead atoms. The van der Waals surface area contributed by atoms with Crippen molar-refractivity contribution in [1.82, 2.24) is 4.98 Å². The molecule has 1 aromatic heterocycles. The fourth-order valence-corrected chi connectivity index (χ4v) is 3.60. The van der Waals surface area contributed by atoms with Gasteiger partial charge >= 0.3 is 6.29 Å². The molecular formula is C15H13F2N3O3S. The normalized spacial score (nSPS) is 21.1.